The number of aliphatic hydroxyl groups excluding tert-OH is 6. The van der Waals surface area contributed by atoms with Gasteiger partial charge in [0.25, 0.3) is 0 Å². The van der Waals surface area contributed by atoms with E-state index in [0.29, 0.717) is 87.4 Å². The van der Waals surface area contributed by atoms with Crippen molar-refractivity contribution in [3.63, 3.8) is 0 Å². The number of ether oxygens (including phenoxy) is 6. The summed E-state index contributed by atoms with van der Waals surface area (Å²) in [6, 6.07) is 51.1. The number of aromatic nitrogens is 12. The quantitative estimate of drug-likeness (QED) is 0.0324. The van der Waals surface area contributed by atoms with Crippen molar-refractivity contribution in [3.8, 4) is 51.0 Å². The highest BCUT2D eigenvalue weighted by atomic mass is 31.2. The van der Waals surface area contributed by atoms with Crippen molar-refractivity contribution in [2.45, 2.75) is 93.4 Å². The van der Waals surface area contributed by atoms with E-state index in [1.807, 2.05) is 164 Å². The van der Waals surface area contributed by atoms with Gasteiger partial charge < -0.3 is 59.1 Å². The molecule has 3 aliphatic heterocycles. The molecule has 0 aliphatic carbocycles. The van der Waals surface area contributed by atoms with E-state index in [9.17, 15) is 30.6 Å². The number of imidazole rings is 3. The van der Waals surface area contributed by atoms with Crippen LogP contribution in [0.2, 0.25) is 0 Å². The maximum atomic E-state index is 15.2. The summed E-state index contributed by atoms with van der Waals surface area (Å²) in [5, 5.41) is 69.8. The van der Waals surface area contributed by atoms with Crippen LogP contribution in [0, 0.1) is 0 Å². The molecule has 9 heterocycles. The second-order valence-electron chi connectivity index (χ2n) is 23.5. The molecule has 3 fully saturated rings. The number of nitrogens with zero attached hydrogens (tertiary/aromatic N) is 12. The number of hydrogen-bond donors (Lipinski definition) is 6. The van der Waals surface area contributed by atoms with Gasteiger partial charge in [-0.2, -0.15) is 0 Å². The summed E-state index contributed by atoms with van der Waals surface area (Å²) in [4.78, 5) is 40.8. The Hall–Kier alpha value is -9.88. The van der Waals surface area contributed by atoms with Gasteiger partial charge in [-0.05, 0) is 53.1 Å². The first-order chi connectivity index (χ1) is 47.9. The van der Waals surface area contributed by atoms with E-state index in [0.717, 1.165) is 16.7 Å². The van der Waals surface area contributed by atoms with Crippen LogP contribution in [0.15, 0.2) is 202 Å². The molecule has 0 saturated carbocycles. The Morgan fingerprint density at radius 1 is 0.357 bits per heavy atom. The predicted octanol–water partition coefficient (Wildman–Crippen LogP) is 7.26. The molecule has 0 radical (unpaired) electrons. The van der Waals surface area contributed by atoms with Crippen LogP contribution < -0.4 is 14.2 Å². The molecule has 6 aromatic heterocycles. The van der Waals surface area contributed by atoms with Gasteiger partial charge in [-0.3, -0.25) is 27.3 Å². The Balaban J connectivity index is 0.660. The van der Waals surface area contributed by atoms with Gasteiger partial charge >= 0.3 is 7.82 Å². The number of phosphoric ester groups is 1. The average molecular weight is 1350 g/mol. The van der Waals surface area contributed by atoms with Crippen molar-refractivity contribution in [1.82, 2.24) is 58.6 Å². The van der Waals surface area contributed by atoms with Crippen LogP contribution in [-0.2, 0) is 52.2 Å². The summed E-state index contributed by atoms with van der Waals surface area (Å²) in [5.74, 6) is 1.75. The fraction of sp³-hybridized carbons (Fsp3) is 0.261. The van der Waals surface area contributed by atoms with E-state index >= 15 is 4.57 Å². The molecule has 0 amide bonds. The van der Waals surface area contributed by atoms with E-state index < -0.39 is 101 Å². The molecule has 29 heteroatoms. The van der Waals surface area contributed by atoms with Gasteiger partial charge in [0.05, 0.1) is 38.8 Å². The molecular formula is C69H63N12O16P. The van der Waals surface area contributed by atoms with Crippen molar-refractivity contribution in [2.24, 2.45) is 0 Å². The Bertz CT molecular complexity index is 4340. The van der Waals surface area contributed by atoms with E-state index in [1.165, 1.54) is 51.7 Å². The van der Waals surface area contributed by atoms with Crippen molar-refractivity contribution in [3.05, 3.63) is 218 Å². The predicted molar refractivity (Wildman–Crippen MR) is 348 cm³/mol. The lowest BCUT2D eigenvalue weighted by Gasteiger charge is -2.24. The van der Waals surface area contributed by atoms with Crippen molar-refractivity contribution >= 4 is 41.3 Å². The number of fused-ring (bicyclic) bond motifs is 3. The molecule has 12 aromatic rings. The molecule has 28 nitrogen and oxygen atoms in total. The molecule has 0 bridgehead atoms. The second kappa shape index (κ2) is 27.9. The van der Waals surface area contributed by atoms with Gasteiger partial charge in [0.15, 0.2) is 35.6 Å². The lowest BCUT2D eigenvalue weighted by molar-refractivity contribution is -0.0723. The van der Waals surface area contributed by atoms with Gasteiger partial charge in [-0.25, -0.2) is 49.4 Å². The minimum atomic E-state index is -5.04. The van der Waals surface area contributed by atoms with E-state index in [4.69, 9.17) is 42.0 Å². The Morgan fingerprint density at radius 2 is 0.653 bits per heavy atom. The third kappa shape index (κ3) is 13.1. The molecule has 0 spiro atoms. The van der Waals surface area contributed by atoms with Crippen LogP contribution in [0.25, 0.3) is 67.3 Å². The minimum absolute atomic E-state index is 0.241. The standard InChI is InChI=1S/C69H63N12O16P/c82-58-49(95-67(61(58)85)79-37-76-55-52(70-34-73-64(55)79)43-19-10-22-46(25-43)89-28-40-13-4-1-5-14-40)31-92-98(88,93-32-50-59(83)62(86)68(96-50)80-38-77-56-53(71-35-74-65(56)80)44-20-11-23-47(26-44)90-29-41-15-6-2-7-16-41)94-33-51-60(84)63(87)69(97-51)81-39-78-57-54(72-36-75-66(57)81)45-21-12-24-48(27-45)91-30-42-17-8-3-9-18-42/h1-27,34-39,49-51,58-63,67-69,82-87H,28-33H2/t49-,50-,51-,58-,59-,60-,61-,62-,63-,67-,68-,69-/m1/s1. The molecule has 98 heavy (non-hydrogen) atoms. The number of phosphoric acid groups is 1. The van der Waals surface area contributed by atoms with Crippen molar-refractivity contribution in [1.29, 1.82) is 0 Å². The molecule has 0 unspecified atom stereocenters. The lowest BCUT2D eigenvalue weighted by Crippen LogP contribution is -2.35. The van der Waals surface area contributed by atoms with Crippen LogP contribution in [0.4, 0.5) is 0 Å². The SMILES string of the molecule is O=P(OC[C@H]1O[C@@H](n2cnc3c(-c4cccc(OCc5ccccc5)c4)ncnc32)[C@H](O)[C@@H]1O)(OC[C@H]1O[C@@H](n2cnc3c(-c4cccc(OCc5ccccc5)c4)ncnc32)[C@H](O)[C@@H]1O)OC[C@H]1O[C@@H](n2cnc3c(-c4cccc(OCc5ccccc5)c4)ncnc32)[C@H](O)[C@@H]1O. The molecule has 3 aliphatic rings. The molecule has 500 valence electrons. The van der Waals surface area contributed by atoms with Gasteiger partial charge in [0.1, 0.15) is 145 Å². The smallest absolute Gasteiger partial charge is 0.475 e. The molecule has 3 saturated heterocycles. The third-order valence-corrected chi connectivity index (χ3v) is 18.6. The molecule has 6 N–H and O–H groups in total. The van der Waals surface area contributed by atoms with E-state index in [-0.39, 0.29) is 16.9 Å². The van der Waals surface area contributed by atoms with Crippen LogP contribution in [0.1, 0.15) is 35.4 Å². The van der Waals surface area contributed by atoms with Crippen LogP contribution in [0.3, 0.4) is 0 Å². The highest BCUT2D eigenvalue weighted by molar-refractivity contribution is 7.48. The van der Waals surface area contributed by atoms with Crippen LogP contribution in [-0.4, -0.2) is 164 Å². The normalized spacial score (nSPS) is 23.3. The lowest BCUT2D eigenvalue weighted by atomic mass is 10.1. The summed E-state index contributed by atoms with van der Waals surface area (Å²) in [5.41, 5.74) is 8.02. The zero-order valence-electron chi connectivity index (χ0n) is 51.8. The summed E-state index contributed by atoms with van der Waals surface area (Å²) < 4.78 is 74.4. The molecule has 12 atom stereocenters. The Labute approximate surface area is 557 Å². The number of benzene rings is 6. The van der Waals surface area contributed by atoms with Gasteiger partial charge in [0.2, 0.25) is 0 Å². The van der Waals surface area contributed by atoms with E-state index in [2.05, 4.69) is 44.9 Å². The number of rotatable bonds is 24. The third-order valence-electron chi connectivity index (χ3n) is 17.2. The van der Waals surface area contributed by atoms with Crippen molar-refractivity contribution < 1.29 is 77.2 Å². The molecule has 15 rings (SSSR count). The highest BCUT2D eigenvalue weighted by Crippen LogP contribution is 2.52. The van der Waals surface area contributed by atoms with E-state index in [1.54, 1.807) is 0 Å². The number of hydrogen-bond acceptors (Lipinski definition) is 25. The fourth-order valence-electron chi connectivity index (χ4n) is 12.1. The Kier molecular flexibility index (Phi) is 18.3. The molecular weight excluding hydrogens is 1280 g/mol. The molecule has 6 aromatic carbocycles. The fourth-order valence-corrected chi connectivity index (χ4v) is 13.3. The monoisotopic (exact) mass is 1350 g/mol. The largest absolute Gasteiger partial charge is 0.489 e. The maximum absolute atomic E-state index is 15.2. The Morgan fingerprint density at radius 3 is 0.949 bits per heavy atom. The first-order valence-electron chi connectivity index (χ1n) is 31.3. The van der Waals surface area contributed by atoms with Gasteiger partial charge in [-0.15, -0.1) is 0 Å². The number of aliphatic hydroxyl groups is 6. The highest BCUT2D eigenvalue weighted by Gasteiger charge is 2.50. The first kappa shape index (κ1) is 64.1. The summed E-state index contributed by atoms with van der Waals surface area (Å²) >= 11 is 0. The van der Waals surface area contributed by atoms with Crippen LogP contribution in [0.5, 0.6) is 17.2 Å². The second-order valence-corrected chi connectivity index (χ2v) is 25.2. The maximum Gasteiger partial charge on any atom is 0.475 e. The topological polar surface area (TPSA) is 352 Å². The minimum Gasteiger partial charge on any atom is -0.489 e. The summed E-state index contributed by atoms with van der Waals surface area (Å²) in [7, 11) is -5.04. The van der Waals surface area contributed by atoms with Crippen molar-refractivity contribution in [2.75, 3.05) is 19.8 Å². The zero-order valence-corrected chi connectivity index (χ0v) is 52.7. The zero-order chi connectivity index (χ0) is 66.9. The average Bonchev–Trinajstić information content (AvgIpc) is 1.61. The van der Waals surface area contributed by atoms with Gasteiger partial charge in [-0.1, -0.05) is 127 Å². The summed E-state index contributed by atoms with van der Waals surface area (Å²) in [6.45, 7) is -1.28. The first-order valence-corrected chi connectivity index (χ1v) is 32.8. The summed E-state index contributed by atoms with van der Waals surface area (Å²) in [6.07, 6.45) is -10.1. The van der Waals surface area contributed by atoms with Gasteiger partial charge in [0, 0.05) is 16.7 Å². The van der Waals surface area contributed by atoms with Crippen LogP contribution >= 0.6 is 7.82 Å².